The number of fused-ring (bicyclic) bond motifs is 1. The van der Waals surface area contributed by atoms with Gasteiger partial charge in [-0.05, 0) is 30.3 Å². The SMILES string of the molecule is Fc1ccc(-c2cc(C(F)(F)C(F)(F)F)n3nc(-c4nc(-c5ccccc5)no4)cc3n2)cc1. The standard InChI is InChI=1S/C22H11F6N5O/c23-14-8-6-12(7-9-14)15-10-17(21(24,25)22(26,27)28)33-18(29-15)11-16(31-33)20-30-19(32-34-20)13-4-2-1-3-5-13/h1-11H. The lowest BCUT2D eigenvalue weighted by atomic mass is 10.1. The third kappa shape index (κ3) is 3.66. The summed E-state index contributed by atoms with van der Waals surface area (Å²) in [5, 5.41) is 7.63. The van der Waals surface area contributed by atoms with Crippen LogP contribution in [0, 0.1) is 5.82 Å². The van der Waals surface area contributed by atoms with Gasteiger partial charge in [0, 0.05) is 17.2 Å². The van der Waals surface area contributed by atoms with Gasteiger partial charge in [0.15, 0.2) is 11.3 Å². The van der Waals surface area contributed by atoms with Crippen LogP contribution in [0.5, 0.6) is 0 Å². The molecule has 0 spiro atoms. The van der Waals surface area contributed by atoms with Crippen LogP contribution < -0.4 is 0 Å². The number of hydrogen-bond acceptors (Lipinski definition) is 5. The highest BCUT2D eigenvalue weighted by atomic mass is 19.4. The molecular formula is C22H11F6N5O. The van der Waals surface area contributed by atoms with E-state index in [9.17, 15) is 26.3 Å². The molecular weight excluding hydrogens is 464 g/mol. The highest BCUT2D eigenvalue weighted by Gasteiger charge is 2.60. The van der Waals surface area contributed by atoms with Crippen LogP contribution in [0.3, 0.4) is 0 Å². The van der Waals surface area contributed by atoms with Gasteiger partial charge in [-0.1, -0.05) is 35.5 Å². The van der Waals surface area contributed by atoms with E-state index in [2.05, 4.69) is 20.2 Å². The Labute approximate surface area is 186 Å². The second kappa shape index (κ2) is 7.68. The monoisotopic (exact) mass is 475 g/mol. The first-order valence-corrected chi connectivity index (χ1v) is 9.65. The molecule has 0 unspecified atom stereocenters. The van der Waals surface area contributed by atoms with Crippen molar-refractivity contribution >= 4 is 5.65 Å². The van der Waals surface area contributed by atoms with Crippen molar-refractivity contribution in [2.45, 2.75) is 12.1 Å². The van der Waals surface area contributed by atoms with E-state index in [4.69, 9.17) is 4.52 Å². The van der Waals surface area contributed by atoms with Crippen molar-refractivity contribution in [2.24, 2.45) is 0 Å². The van der Waals surface area contributed by atoms with Crippen molar-refractivity contribution in [1.82, 2.24) is 24.7 Å². The summed E-state index contributed by atoms with van der Waals surface area (Å²) in [6, 6.07) is 14.9. The van der Waals surface area contributed by atoms with Gasteiger partial charge >= 0.3 is 12.1 Å². The quantitative estimate of drug-likeness (QED) is 0.303. The summed E-state index contributed by atoms with van der Waals surface area (Å²) in [7, 11) is 0. The van der Waals surface area contributed by atoms with E-state index in [1.54, 1.807) is 30.3 Å². The predicted octanol–water partition coefficient (Wildman–Crippen LogP) is 5.91. The molecule has 0 radical (unpaired) electrons. The second-order valence-corrected chi connectivity index (χ2v) is 7.19. The van der Waals surface area contributed by atoms with E-state index in [0.29, 0.717) is 16.1 Å². The van der Waals surface area contributed by atoms with Crippen LogP contribution in [-0.4, -0.2) is 30.9 Å². The fourth-order valence-corrected chi connectivity index (χ4v) is 3.25. The topological polar surface area (TPSA) is 69.1 Å². The number of hydrogen-bond donors (Lipinski definition) is 0. The normalized spacial score (nSPS) is 12.4. The first kappa shape index (κ1) is 21.6. The van der Waals surface area contributed by atoms with Gasteiger partial charge in [-0.2, -0.15) is 32.0 Å². The summed E-state index contributed by atoms with van der Waals surface area (Å²) < 4.78 is 87.5. The number of rotatable bonds is 4. The third-order valence-electron chi connectivity index (χ3n) is 4.92. The molecule has 0 N–H and O–H groups in total. The predicted molar refractivity (Wildman–Crippen MR) is 107 cm³/mol. The highest BCUT2D eigenvalue weighted by molar-refractivity contribution is 5.66. The molecule has 2 aromatic carbocycles. The highest BCUT2D eigenvalue weighted by Crippen LogP contribution is 2.44. The average Bonchev–Trinajstić information content (AvgIpc) is 3.46. The maximum absolute atomic E-state index is 14.5. The van der Waals surface area contributed by atoms with Crippen LogP contribution in [0.25, 0.3) is 39.9 Å². The second-order valence-electron chi connectivity index (χ2n) is 7.19. The van der Waals surface area contributed by atoms with Crippen molar-refractivity contribution in [2.75, 3.05) is 0 Å². The van der Waals surface area contributed by atoms with Gasteiger partial charge in [0.05, 0.1) is 5.69 Å². The minimum Gasteiger partial charge on any atom is -0.332 e. The fourth-order valence-electron chi connectivity index (χ4n) is 3.25. The zero-order valence-electron chi connectivity index (χ0n) is 16.8. The summed E-state index contributed by atoms with van der Waals surface area (Å²) >= 11 is 0. The van der Waals surface area contributed by atoms with Crippen molar-refractivity contribution in [3.63, 3.8) is 0 Å². The van der Waals surface area contributed by atoms with E-state index in [0.717, 1.165) is 18.2 Å². The van der Waals surface area contributed by atoms with Crippen molar-refractivity contribution in [3.05, 3.63) is 78.2 Å². The molecule has 0 amide bonds. The molecule has 6 nitrogen and oxygen atoms in total. The zero-order valence-corrected chi connectivity index (χ0v) is 16.8. The number of nitrogens with zero attached hydrogens (tertiary/aromatic N) is 5. The maximum atomic E-state index is 14.5. The lowest BCUT2D eigenvalue weighted by Gasteiger charge is -2.21. The van der Waals surface area contributed by atoms with E-state index in [1.165, 1.54) is 12.1 Å². The van der Waals surface area contributed by atoms with E-state index in [-0.39, 0.29) is 34.3 Å². The maximum Gasteiger partial charge on any atom is 0.459 e. The van der Waals surface area contributed by atoms with Gasteiger partial charge in [0.25, 0.3) is 5.89 Å². The van der Waals surface area contributed by atoms with Crippen molar-refractivity contribution < 1.29 is 30.9 Å². The van der Waals surface area contributed by atoms with Crippen molar-refractivity contribution in [1.29, 1.82) is 0 Å². The van der Waals surface area contributed by atoms with E-state index in [1.807, 2.05) is 0 Å². The zero-order chi connectivity index (χ0) is 24.1. The molecule has 5 rings (SSSR count). The summed E-state index contributed by atoms with van der Waals surface area (Å²) in [6.07, 6.45) is -5.90. The molecule has 0 aliphatic heterocycles. The van der Waals surface area contributed by atoms with Gasteiger partial charge in [-0.25, -0.2) is 13.9 Å². The first-order chi connectivity index (χ1) is 16.1. The summed E-state index contributed by atoms with van der Waals surface area (Å²) in [6.45, 7) is 0. The molecule has 12 heteroatoms. The molecule has 34 heavy (non-hydrogen) atoms. The molecule has 172 valence electrons. The molecule has 0 aliphatic rings. The summed E-state index contributed by atoms with van der Waals surface area (Å²) in [4.78, 5) is 8.27. The van der Waals surface area contributed by atoms with Gasteiger partial charge in [-0.15, -0.1) is 0 Å². The van der Waals surface area contributed by atoms with E-state index >= 15 is 0 Å². The minimum atomic E-state index is -5.90. The number of alkyl halides is 5. The number of benzene rings is 2. The van der Waals surface area contributed by atoms with Gasteiger partial charge in [-0.3, -0.25) is 0 Å². The molecule has 0 saturated heterocycles. The Hall–Kier alpha value is -4.22. The Kier molecular flexibility index (Phi) is 4.88. The smallest absolute Gasteiger partial charge is 0.332 e. The summed E-state index contributed by atoms with van der Waals surface area (Å²) in [5.74, 6) is -5.90. The van der Waals surface area contributed by atoms with Crippen LogP contribution in [0.4, 0.5) is 26.3 Å². The Balaban J connectivity index is 1.68. The molecule has 3 heterocycles. The molecule has 0 atom stereocenters. The Morgan fingerprint density at radius 3 is 2.15 bits per heavy atom. The van der Waals surface area contributed by atoms with Crippen LogP contribution in [0.1, 0.15) is 5.69 Å². The molecule has 5 aromatic rings. The average molecular weight is 475 g/mol. The number of halogens is 6. The van der Waals surface area contributed by atoms with Crippen LogP contribution in [0.15, 0.2) is 71.3 Å². The lowest BCUT2D eigenvalue weighted by molar-refractivity contribution is -0.291. The van der Waals surface area contributed by atoms with Crippen LogP contribution >= 0.6 is 0 Å². The van der Waals surface area contributed by atoms with Gasteiger partial charge < -0.3 is 4.52 Å². The third-order valence-corrected chi connectivity index (χ3v) is 4.92. The van der Waals surface area contributed by atoms with Crippen molar-refractivity contribution in [3.8, 4) is 34.2 Å². The van der Waals surface area contributed by atoms with Gasteiger partial charge in [0.2, 0.25) is 5.82 Å². The van der Waals surface area contributed by atoms with Crippen LogP contribution in [0.2, 0.25) is 0 Å². The van der Waals surface area contributed by atoms with Gasteiger partial charge in [0.1, 0.15) is 11.5 Å². The first-order valence-electron chi connectivity index (χ1n) is 9.65. The Bertz CT molecular complexity index is 1480. The van der Waals surface area contributed by atoms with E-state index < -0.39 is 23.6 Å². The fraction of sp³-hybridized carbons (Fsp3) is 0.0909. The Morgan fingerprint density at radius 1 is 0.765 bits per heavy atom. The molecule has 0 bridgehead atoms. The number of aromatic nitrogens is 5. The lowest BCUT2D eigenvalue weighted by Crippen LogP contribution is -2.35. The molecule has 3 aromatic heterocycles. The molecule has 0 fully saturated rings. The molecule has 0 saturated carbocycles. The van der Waals surface area contributed by atoms with Crippen LogP contribution in [-0.2, 0) is 5.92 Å². The summed E-state index contributed by atoms with van der Waals surface area (Å²) in [5.41, 5.74) is -1.45. The minimum absolute atomic E-state index is 0.134. The largest absolute Gasteiger partial charge is 0.459 e. The Morgan fingerprint density at radius 2 is 1.47 bits per heavy atom. The molecule has 0 aliphatic carbocycles.